The molecule has 0 aliphatic heterocycles. The van der Waals surface area contributed by atoms with Crippen LogP contribution in [0.25, 0.3) is 11.1 Å². The van der Waals surface area contributed by atoms with Crippen molar-refractivity contribution in [3.05, 3.63) is 161 Å². The van der Waals surface area contributed by atoms with Crippen molar-refractivity contribution in [2.45, 2.75) is 90.2 Å². The first-order valence-electron chi connectivity index (χ1n) is 27.8. The molecule has 1 fully saturated rings. The van der Waals surface area contributed by atoms with Gasteiger partial charge in [-0.15, -0.1) is 6.42 Å². The summed E-state index contributed by atoms with van der Waals surface area (Å²) in [5, 5.41) is 7.29. The van der Waals surface area contributed by atoms with Gasteiger partial charge in [0.2, 0.25) is 0 Å². The Morgan fingerprint density at radius 3 is 1.77 bits per heavy atom. The van der Waals surface area contributed by atoms with E-state index in [0.717, 1.165) is 53.7 Å². The summed E-state index contributed by atoms with van der Waals surface area (Å²) in [6.07, 6.45) is 14.2. The molecule has 0 unspecified atom stereocenters. The number of carbonyl (C=O) groups is 4. The molecule has 2 aliphatic carbocycles. The van der Waals surface area contributed by atoms with E-state index in [1.807, 2.05) is 78.9 Å². The van der Waals surface area contributed by atoms with E-state index in [1.165, 1.54) is 22.3 Å². The number of benzene rings is 5. The molecule has 14 nitrogen and oxygen atoms in total. The lowest BCUT2D eigenvalue weighted by Gasteiger charge is -2.28. The third kappa shape index (κ3) is 18.8. The first-order chi connectivity index (χ1) is 39.1. The number of carbonyl (C=O) groups excluding carboxylic acids is 4. The van der Waals surface area contributed by atoms with Crippen LogP contribution in [0.15, 0.2) is 133 Å². The van der Waals surface area contributed by atoms with Crippen LogP contribution in [-0.2, 0) is 62.3 Å². The monoisotopic (exact) mass is 1110 g/mol. The molecule has 0 bridgehead atoms. The van der Waals surface area contributed by atoms with E-state index in [9.17, 15) is 19.2 Å². The summed E-state index contributed by atoms with van der Waals surface area (Å²) in [4.78, 5) is 49.1. The lowest BCUT2D eigenvalue weighted by molar-refractivity contribution is -0.155. The number of unbranched alkanes of at least 4 members (excludes halogenated alkanes) is 3. The fourth-order valence-corrected chi connectivity index (χ4v) is 9.71. The number of nitrogens with zero attached hydrogens (tertiary/aromatic N) is 2. The minimum atomic E-state index is -0.690. The fourth-order valence-electron chi connectivity index (χ4n) is 9.58. The molecule has 0 saturated heterocycles. The zero-order valence-electron chi connectivity index (χ0n) is 45.9. The largest absolute Gasteiger partial charge is 0.494 e. The Bertz CT molecular complexity index is 2830. The zero-order chi connectivity index (χ0) is 56.3. The van der Waals surface area contributed by atoms with Gasteiger partial charge in [-0.25, -0.2) is 9.59 Å². The minimum absolute atomic E-state index is 0.138. The van der Waals surface area contributed by atoms with Crippen molar-refractivity contribution < 1.29 is 57.1 Å². The second kappa shape index (κ2) is 32.5. The normalized spacial score (nSPS) is 14.5. The van der Waals surface area contributed by atoms with Gasteiger partial charge >= 0.3 is 23.9 Å². The second-order valence-corrected chi connectivity index (χ2v) is 20.3. The summed E-state index contributed by atoms with van der Waals surface area (Å²) < 4.78 is 45.8. The first kappa shape index (κ1) is 60.1. The van der Waals surface area contributed by atoms with Crippen LogP contribution in [-0.4, -0.2) is 100 Å². The molecule has 5 aromatic rings. The van der Waals surface area contributed by atoms with E-state index in [1.54, 1.807) is 6.92 Å². The molecule has 80 heavy (non-hydrogen) atoms. The molecule has 0 radical (unpaired) electrons. The van der Waals surface area contributed by atoms with E-state index in [4.69, 9.17) is 49.4 Å². The Morgan fingerprint density at radius 2 is 1.18 bits per heavy atom. The van der Waals surface area contributed by atoms with Gasteiger partial charge in [-0.2, -0.15) is 17.7 Å². The van der Waals surface area contributed by atoms with Gasteiger partial charge in [-0.05, 0) is 134 Å². The lowest BCUT2D eigenvalue weighted by atomic mass is 9.82. The van der Waals surface area contributed by atoms with Crippen LogP contribution in [0, 0.1) is 24.2 Å². The molecule has 0 amide bonds. The minimum Gasteiger partial charge on any atom is -0.494 e. The van der Waals surface area contributed by atoms with E-state index in [0.29, 0.717) is 114 Å². The molecule has 0 spiro atoms. The third-order valence-electron chi connectivity index (χ3n) is 13.9. The highest BCUT2D eigenvalue weighted by molar-refractivity contribution is 7.80. The first-order valence-corrected chi connectivity index (χ1v) is 28.4. The van der Waals surface area contributed by atoms with E-state index in [2.05, 4.69) is 72.7 Å². The number of terminal acetylenes is 1. The number of hydrogen-bond donors (Lipinski definition) is 1. The molecule has 422 valence electrons. The van der Waals surface area contributed by atoms with Gasteiger partial charge in [0.05, 0.1) is 83.5 Å². The number of esters is 4. The van der Waals surface area contributed by atoms with Crippen molar-refractivity contribution in [3.8, 4) is 40.7 Å². The Morgan fingerprint density at radius 1 is 0.625 bits per heavy atom. The van der Waals surface area contributed by atoms with Crippen molar-refractivity contribution in [2.24, 2.45) is 16.9 Å². The highest BCUT2D eigenvalue weighted by atomic mass is 32.1. The number of ether oxygens (including phenoxy) is 8. The average Bonchev–Trinajstić information content (AvgIpc) is 3.84. The Balaban J connectivity index is 0.922. The molecule has 1 saturated carbocycles. The summed E-state index contributed by atoms with van der Waals surface area (Å²) in [6, 6.07) is 38.2. The Kier molecular flexibility index (Phi) is 24.4. The quantitative estimate of drug-likeness (QED) is 0.00487. The van der Waals surface area contributed by atoms with Gasteiger partial charge in [-0.1, -0.05) is 85.4 Å². The summed E-state index contributed by atoms with van der Waals surface area (Å²) in [5.41, 5.74) is 8.82. The van der Waals surface area contributed by atoms with Crippen LogP contribution >= 0.6 is 12.6 Å². The predicted molar refractivity (Wildman–Crippen MR) is 311 cm³/mol. The van der Waals surface area contributed by atoms with E-state index in [-0.39, 0.29) is 55.6 Å². The maximum atomic E-state index is 13.4. The summed E-state index contributed by atoms with van der Waals surface area (Å²) >= 11 is 4.36. The van der Waals surface area contributed by atoms with Gasteiger partial charge in [0.1, 0.15) is 23.9 Å². The fraction of sp³-hybridized carbons (Fsp3) is 0.400. The molecule has 5 aromatic carbocycles. The molecular weight excluding hydrogens is 1030 g/mol. The van der Waals surface area contributed by atoms with Crippen LogP contribution in [0.2, 0.25) is 0 Å². The molecule has 7 rings (SSSR count). The highest BCUT2D eigenvalue weighted by Gasteiger charge is 2.33. The van der Waals surface area contributed by atoms with Crippen LogP contribution in [0.3, 0.4) is 0 Å². The van der Waals surface area contributed by atoms with Gasteiger partial charge < -0.3 is 37.9 Å². The van der Waals surface area contributed by atoms with Crippen LogP contribution in [0.1, 0.15) is 104 Å². The van der Waals surface area contributed by atoms with Crippen molar-refractivity contribution >= 4 is 42.7 Å². The third-order valence-corrected chi connectivity index (χ3v) is 14.1. The molecule has 0 atom stereocenters. The molecule has 0 heterocycles. The van der Waals surface area contributed by atoms with Crippen LogP contribution in [0.4, 0.5) is 0 Å². The van der Waals surface area contributed by atoms with Crippen molar-refractivity contribution in [1.82, 2.24) is 5.01 Å². The van der Waals surface area contributed by atoms with E-state index < -0.39 is 5.97 Å². The number of hydrogen-bond acceptors (Lipinski definition) is 15. The predicted octanol–water partition coefficient (Wildman–Crippen LogP) is 11.3. The summed E-state index contributed by atoms with van der Waals surface area (Å²) in [7, 11) is 0. The number of hydrazone groups is 1. The summed E-state index contributed by atoms with van der Waals surface area (Å²) in [5.74, 6) is 2.56. The van der Waals surface area contributed by atoms with Crippen LogP contribution in [0.5, 0.6) is 17.2 Å². The molecule has 2 aliphatic rings. The standard InChI is InChI=1S/C65H74N2O12S/c1-4-61(68)75-38-13-37-74-54-27-18-48(19-28-54)32-39-77-64(70)51-23-25-52(26-24-51)65(71)78-40-33-49-22-31-60(79-46-50-20-29-55(30-21-50)73-35-11-5-6-12-36-76-63(69)47(2)3)53(44-49)45-66-67(34-41-72-42-43-80)62-58-16-9-7-14-56(58)57-15-8-10-17-59(57)62/h1,7-10,14-22,27-31,44-45,51-52,62,80H,2,5-6,11-13,23-26,32-43,46H2,3H3/b66-45+. The SMILES string of the molecule is C#CC(=O)OCCCOc1ccc(CCOC(=O)C2CCC(C(=O)OCCc3ccc(OCc4ccc(OCCCCCCOC(=O)C(=C)C)cc4)c(/C=N/N(CCOCCS)C4c5ccccc5-c5ccccc54)c3)CC2)cc1. The molecule has 0 N–H and O–H groups in total. The van der Waals surface area contributed by atoms with Crippen LogP contribution < -0.4 is 14.2 Å². The number of fused-ring (bicyclic) bond motifs is 3. The van der Waals surface area contributed by atoms with Crippen molar-refractivity contribution in [2.75, 3.05) is 65.2 Å². The van der Waals surface area contributed by atoms with Gasteiger partial charge in [0.25, 0.3) is 0 Å². The number of thiol groups is 1. The number of rotatable bonds is 33. The Labute approximate surface area is 476 Å². The topological polar surface area (TPSA) is 158 Å². The maximum Gasteiger partial charge on any atom is 0.384 e. The zero-order valence-corrected chi connectivity index (χ0v) is 46.8. The smallest absolute Gasteiger partial charge is 0.384 e. The van der Waals surface area contributed by atoms with E-state index >= 15 is 0 Å². The summed E-state index contributed by atoms with van der Waals surface area (Å²) in [6.45, 7) is 9.08. The van der Waals surface area contributed by atoms with Gasteiger partial charge in [-0.3, -0.25) is 14.6 Å². The molecule has 0 aromatic heterocycles. The molecular formula is C65H74N2O12S. The highest BCUT2D eigenvalue weighted by Crippen LogP contribution is 2.46. The van der Waals surface area contributed by atoms with Crippen molar-refractivity contribution in [1.29, 1.82) is 0 Å². The Hall–Kier alpha value is -7.54. The lowest BCUT2D eigenvalue weighted by Crippen LogP contribution is -2.29. The average molecular weight is 1110 g/mol. The second-order valence-electron chi connectivity index (χ2n) is 19.8. The van der Waals surface area contributed by atoms with Gasteiger partial charge in [0.15, 0.2) is 0 Å². The maximum absolute atomic E-state index is 13.4. The molecule has 15 heteroatoms. The van der Waals surface area contributed by atoms with Crippen molar-refractivity contribution in [3.63, 3.8) is 0 Å². The van der Waals surface area contributed by atoms with Gasteiger partial charge in [0, 0.05) is 42.1 Å².